The summed E-state index contributed by atoms with van der Waals surface area (Å²) >= 11 is 3.45. The van der Waals surface area contributed by atoms with Crippen molar-refractivity contribution in [2.45, 2.75) is 6.92 Å². The maximum absolute atomic E-state index is 12.6. The van der Waals surface area contributed by atoms with E-state index in [1.165, 1.54) is 0 Å². The van der Waals surface area contributed by atoms with E-state index in [1.807, 2.05) is 61.5 Å². The van der Waals surface area contributed by atoms with Crippen LogP contribution in [0.4, 0.5) is 0 Å². The van der Waals surface area contributed by atoms with E-state index in [9.17, 15) is 4.79 Å². The van der Waals surface area contributed by atoms with Crippen LogP contribution in [0.15, 0.2) is 59.1 Å². The van der Waals surface area contributed by atoms with Gasteiger partial charge in [0.15, 0.2) is 0 Å². The second-order valence-electron chi connectivity index (χ2n) is 4.50. The summed E-state index contributed by atoms with van der Waals surface area (Å²) in [7, 11) is 0. The van der Waals surface area contributed by atoms with Gasteiger partial charge in [-0.1, -0.05) is 34.1 Å². The van der Waals surface area contributed by atoms with Crippen LogP contribution >= 0.6 is 15.9 Å². The predicted octanol–water partition coefficient (Wildman–Crippen LogP) is 4.40. The molecule has 0 aliphatic rings. The summed E-state index contributed by atoms with van der Waals surface area (Å²) in [6.45, 7) is 1.95. The Bertz CT molecular complexity index is 759. The first-order chi connectivity index (χ1) is 9.16. The first-order valence-electron chi connectivity index (χ1n) is 6.04. The number of rotatable bonds is 1. The van der Waals surface area contributed by atoms with Crippen molar-refractivity contribution in [1.29, 1.82) is 0 Å². The topological polar surface area (TPSA) is 22.0 Å². The highest BCUT2D eigenvalue weighted by Gasteiger charge is 2.14. The lowest BCUT2D eigenvalue weighted by molar-refractivity contribution is 0.0963. The van der Waals surface area contributed by atoms with Crippen LogP contribution in [0.5, 0.6) is 0 Å². The molecule has 0 bridgehead atoms. The van der Waals surface area contributed by atoms with Crippen LogP contribution in [0.1, 0.15) is 16.1 Å². The van der Waals surface area contributed by atoms with Crippen LogP contribution in [0, 0.1) is 6.92 Å². The molecule has 0 fully saturated rings. The summed E-state index contributed by atoms with van der Waals surface area (Å²) in [5, 5.41) is 1.07. The largest absolute Gasteiger partial charge is 0.280 e. The van der Waals surface area contributed by atoms with E-state index in [1.54, 1.807) is 4.57 Å². The third-order valence-corrected chi connectivity index (χ3v) is 3.66. The van der Waals surface area contributed by atoms with E-state index >= 15 is 0 Å². The highest BCUT2D eigenvalue weighted by molar-refractivity contribution is 9.10. The quantitative estimate of drug-likeness (QED) is 0.652. The Morgan fingerprint density at radius 3 is 2.53 bits per heavy atom. The van der Waals surface area contributed by atoms with Crippen LogP contribution in [0.25, 0.3) is 10.9 Å². The van der Waals surface area contributed by atoms with Gasteiger partial charge < -0.3 is 0 Å². The lowest BCUT2D eigenvalue weighted by Crippen LogP contribution is -2.12. The predicted molar refractivity (Wildman–Crippen MR) is 80.5 cm³/mol. The molecule has 0 N–H and O–H groups in total. The fraction of sp³-hybridized carbons (Fsp3) is 0.0625. The van der Waals surface area contributed by atoms with Gasteiger partial charge in [-0.05, 0) is 43.3 Å². The molecule has 0 saturated heterocycles. The fourth-order valence-electron chi connectivity index (χ4n) is 2.30. The number of carbonyl (C=O) groups is 1. The Morgan fingerprint density at radius 1 is 1.05 bits per heavy atom. The Balaban J connectivity index is 2.20. The zero-order valence-electron chi connectivity index (χ0n) is 10.4. The van der Waals surface area contributed by atoms with Crippen molar-refractivity contribution in [3.8, 4) is 0 Å². The van der Waals surface area contributed by atoms with E-state index in [4.69, 9.17) is 0 Å². The monoisotopic (exact) mass is 313 g/mol. The van der Waals surface area contributed by atoms with Crippen LogP contribution in [-0.2, 0) is 0 Å². The molecule has 1 aromatic heterocycles. The van der Waals surface area contributed by atoms with Gasteiger partial charge in [0.2, 0.25) is 0 Å². The zero-order valence-corrected chi connectivity index (χ0v) is 12.0. The summed E-state index contributed by atoms with van der Waals surface area (Å²) in [6, 6.07) is 17.3. The minimum atomic E-state index is 0.00965. The molecule has 0 saturated carbocycles. The number of carbonyl (C=O) groups excluding carboxylic acids is 1. The molecule has 94 valence electrons. The highest BCUT2D eigenvalue weighted by Crippen LogP contribution is 2.24. The summed E-state index contributed by atoms with van der Waals surface area (Å²) in [6.07, 6.45) is 0. The summed E-state index contributed by atoms with van der Waals surface area (Å²) < 4.78 is 2.78. The lowest BCUT2D eigenvalue weighted by atomic mass is 10.2. The van der Waals surface area contributed by atoms with Crippen molar-refractivity contribution >= 4 is 32.7 Å². The molecule has 2 nitrogen and oxygen atoms in total. The molecule has 0 spiro atoms. The fourth-order valence-corrected chi connectivity index (χ4v) is 2.68. The normalized spacial score (nSPS) is 10.8. The maximum Gasteiger partial charge on any atom is 0.262 e. The van der Waals surface area contributed by atoms with Crippen molar-refractivity contribution in [3.63, 3.8) is 0 Å². The second kappa shape index (κ2) is 4.67. The van der Waals surface area contributed by atoms with Gasteiger partial charge in [-0.2, -0.15) is 0 Å². The first kappa shape index (κ1) is 12.2. The van der Waals surface area contributed by atoms with E-state index in [-0.39, 0.29) is 5.91 Å². The molecule has 3 heteroatoms. The lowest BCUT2D eigenvalue weighted by Gasteiger charge is -2.06. The van der Waals surface area contributed by atoms with Crippen LogP contribution < -0.4 is 0 Å². The molecule has 19 heavy (non-hydrogen) atoms. The standard InChI is InChI=1S/C16H12BrNO/c1-11-9-13-10-14(17)7-8-15(13)18(11)16(19)12-5-3-2-4-6-12/h2-10H,1H3. The number of aryl methyl sites for hydroxylation is 1. The van der Waals surface area contributed by atoms with Gasteiger partial charge in [-0.15, -0.1) is 0 Å². The average molecular weight is 314 g/mol. The number of fused-ring (bicyclic) bond motifs is 1. The minimum absolute atomic E-state index is 0.00965. The average Bonchev–Trinajstić information content (AvgIpc) is 2.74. The molecule has 0 radical (unpaired) electrons. The second-order valence-corrected chi connectivity index (χ2v) is 5.41. The Kier molecular flexibility index (Phi) is 2.99. The minimum Gasteiger partial charge on any atom is -0.280 e. The number of aromatic nitrogens is 1. The molecule has 0 aliphatic heterocycles. The van der Waals surface area contributed by atoms with Crippen molar-refractivity contribution in [3.05, 3.63) is 70.3 Å². The van der Waals surface area contributed by atoms with Crippen molar-refractivity contribution < 1.29 is 4.79 Å². The molecule has 0 amide bonds. The third-order valence-electron chi connectivity index (χ3n) is 3.17. The van der Waals surface area contributed by atoms with Crippen molar-refractivity contribution in [1.82, 2.24) is 4.57 Å². The SMILES string of the molecule is Cc1cc2cc(Br)ccc2n1C(=O)c1ccccc1. The highest BCUT2D eigenvalue weighted by atomic mass is 79.9. The summed E-state index contributed by atoms with van der Waals surface area (Å²) in [5.41, 5.74) is 2.59. The zero-order chi connectivity index (χ0) is 13.4. The smallest absolute Gasteiger partial charge is 0.262 e. The number of nitrogens with zero attached hydrogens (tertiary/aromatic N) is 1. The Morgan fingerprint density at radius 2 is 1.79 bits per heavy atom. The molecule has 0 unspecified atom stereocenters. The van der Waals surface area contributed by atoms with Crippen LogP contribution in [0.2, 0.25) is 0 Å². The van der Waals surface area contributed by atoms with Gasteiger partial charge in [-0.3, -0.25) is 9.36 Å². The van der Waals surface area contributed by atoms with Crippen LogP contribution in [-0.4, -0.2) is 10.5 Å². The number of hydrogen-bond acceptors (Lipinski definition) is 1. The van der Waals surface area contributed by atoms with Crippen molar-refractivity contribution in [2.75, 3.05) is 0 Å². The molecule has 3 rings (SSSR count). The molecule has 2 aromatic carbocycles. The van der Waals surface area contributed by atoms with Gasteiger partial charge in [-0.25, -0.2) is 0 Å². The molecule has 1 heterocycles. The van der Waals surface area contributed by atoms with Crippen molar-refractivity contribution in [2.24, 2.45) is 0 Å². The molecule has 3 aromatic rings. The van der Waals surface area contributed by atoms with E-state index in [0.717, 1.165) is 21.1 Å². The Labute approximate surface area is 119 Å². The molecular formula is C16H12BrNO. The summed E-state index contributed by atoms with van der Waals surface area (Å²) in [5.74, 6) is 0.00965. The Hall–Kier alpha value is -1.87. The van der Waals surface area contributed by atoms with Gasteiger partial charge >= 0.3 is 0 Å². The van der Waals surface area contributed by atoms with Gasteiger partial charge in [0.05, 0.1) is 5.52 Å². The van der Waals surface area contributed by atoms with Gasteiger partial charge in [0.1, 0.15) is 0 Å². The summed E-state index contributed by atoms with van der Waals surface area (Å²) in [4.78, 5) is 12.6. The van der Waals surface area contributed by atoms with Gasteiger partial charge in [0, 0.05) is 21.1 Å². The third kappa shape index (κ3) is 2.10. The van der Waals surface area contributed by atoms with E-state index < -0.39 is 0 Å². The maximum atomic E-state index is 12.6. The number of hydrogen-bond donors (Lipinski definition) is 0. The number of halogens is 1. The van der Waals surface area contributed by atoms with E-state index in [2.05, 4.69) is 15.9 Å². The molecule has 0 aliphatic carbocycles. The van der Waals surface area contributed by atoms with Crippen LogP contribution in [0.3, 0.4) is 0 Å². The number of benzene rings is 2. The molecular weight excluding hydrogens is 302 g/mol. The van der Waals surface area contributed by atoms with Gasteiger partial charge in [0.25, 0.3) is 5.91 Å². The molecule has 0 atom stereocenters. The first-order valence-corrected chi connectivity index (χ1v) is 6.83. The van der Waals surface area contributed by atoms with E-state index in [0.29, 0.717) is 5.56 Å².